The van der Waals surface area contributed by atoms with Gasteiger partial charge in [-0.1, -0.05) is 112 Å². The molecule has 0 N–H and O–H groups in total. The van der Waals surface area contributed by atoms with Crippen molar-refractivity contribution in [1.29, 1.82) is 0 Å². The number of aryl methyl sites for hydroxylation is 3. The Labute approximate surface area is 148 Å². The zero-order valence-corrected chi connectivity index (χ0v) is 15.3. The van der Waals surface area contributed by atoms with E-state index in [0.717, 1.165) is 19.3 Å². The standard InChI is InChI=1S/C10H14.C8H10.C6H6/c1-3-9-7-5-6-8-10(9)4-2;1-2-8-6-4-3-5-7-8;1-2-4-6-5-3-1/h5-8H,3-4H2,1-2H3;3-7H,2H2,1H3;1-6H. The van der Waals surface area contributed by atoms with Crippen molar-refractivity contribution in [2.75, 3.05) is 0 Å². The van der Waals surface area contributed by atoms with Crippen LogP contribution >= 0.6 is 0 Å². The summed E-state index contributed by atoms with van der Waals surface area (Å²) in [6, 6.07) is 31.1. The van der Waals surface area contributed by atoms with Crippen LogP contribution in [0.5, 0.6) is 0 Å². The average Bonchev–Trinajstić information content (AvgIpc) is 2.70. The van der Waals surface area contributed by atoms with Gasteiger partial charge in [-0.15, -0.1) is 0 Å². The summed E-state index contributed by atoms with van der Waals surface area (Å²) in [6.45, 7) is 6.57. The fourth-order valence-electron chi connectivity index (χ4n) is 2.35. The third kappa shape index (κ3) is 8.33. The lowest BCUT2D eigenvalue weighted by molar-refractivity contribution is 1.04. The summed E-state index contributed by atoms with van der Waals surface area (Å²) in [5.74, 6) is 0. The van der Waals surface area contributed by atoms with Gasteiger partial charge in [0, 0.05) is 0 Å². The van der Waals surface area contributed by atoms with Crippen LogP contribution in [0.4, 0.5) is 0 Å². The molecule has 0 aliphatic heterocycles. The lowest BCUT2D eigenvalue weighted by Gasteiger charge is -2.02. The molecule has 0 unspecified atom stereocenters. The van der Waals surface area contributed by atoms with E-state index in [2.05, 4.69) is 69.3 Å². The minimum Gasteiger partial charge on any atom is -0.0623 e. The van der Waals surface area contributed by atoms with Crippen LogP contribution in [0.1, 0.15) is 37.5 Å². The van der Waals surface area contributed by atoms with Crippen LogP contribution in [0, 0.1) is 0 Å². The fourth-order valence-corrected chi connectivity index (χ4v) is 2.35. The first kappa shape index (κ1) is 19.7. The molecule has 0 radical (unpaired) electrons. The van der Waals surface area contributed by atoms with Crippen molar-refractivity contribution in [1.82, 2.24) is 0 Å². The van der Waals surface area contributed by atoms with Gasteiger partial charge >= 0.3 is 0 Å². The van der Waals surface area contributed by atoms with E-state index in [9.17, 15) is 0 Å². The van der Waals surface area contributed by atoms with E-state index < -0.39 is 0 Å². The van der Waals surface area contributed by atoms with Crippen molar-refractivity contribution in [3.05, 3.63) is 108 Å². The van der Waals surface area contributed by atoms with Crippen LogP contribution in [0.25, 0.3) is 0 Å². The quantitative estimate of drug-likeness (QED) is 0.501. The predicted octanol–water partition coefficient (Wildman–Crippen LogP) is 6.75. The molecule has 0 aromatic heterocycles. The van der Waals surface area contributed by atoms with Crippen molar-refractivity contribution >= 4 is 0 Å². The highest BCUT2D eigenvalue weighted by molar-refractivity contribution is 5.26. The number of hydrogen-bond donors (Lipinski definition) is 0. The molecule has 24 heavy (non-hydrogen) atoms. The molecule has 0 saturated carbocycles. The molecule has 3 aromatic rings. The van der Waals surface area contributed by atoms with Crippen LogP contribution in [0.15, 0.2) is 91.0 Å². The van der Waals surface area contributed by atoms with E-state index >= 15 is 0 Å². The summed E-state index contributed by atoms with van der Waals surface area (Å²) < 4.78 is 0. The van der Waals surface area contributed by atoms with Crippen molar-refractivity contribution in [3.8, 4) is 0 Å². The van der Waals surface area contributed by atoms with Crippen LogP contribution < -0.4 is 0 Å². The Hall–Kier alpha value is -2.34. The highest BCUT2D eigenvalue weighted by Crippen LogP contribution is 2.08. The van der Waals surface area contributed by atoms with E-state index in [1.807, 2.05) is 42.5 Å². The predicted molar refractivity (Wildman–Crippen MR) is 107 cm³/mol. The Morgan fingerprint density at radius 2 is 0.750 bits per heavy atom. The second-order valence-electron chi connectivity index (χ2n) is 5.47. The van der Waals surface area contributed by atoms with E-state index in [1.165, 1.54) is 16.7 Å². The van der Waals surface area contributed by atoms with Gasteiger partial charge in [-0.25, -0.2) is 0 Å². The van der Waals surface area contributed by atoms with Gasteiger partial charge < -0.3 is 0 Å². The maximum absolute atomic E-state index is 2.21. The van der Waals surface area contributed by atoms with Crippen molar-refractivity contribution < 1.29 is 0 Å². The third-order valence-corrected chi connectivity index (χ3v) is 3.80. The highest BCUT2D eigenvalue weighted by Gasteiger charge is 1.93. The van der Waals surface area contributed by atoms with Crippen molar-refractivity contribution in [2.45, 2.75) is 40.0 Å². The number of benzene rings is 3. The first-order chi connectivity index (χ1) is 11.8. The zero-order chi connectivity index (χ0) is 17.5. The highest BCUT2D eigenvalue weighted by atomic mass is 14.0. The van der Waals surface area contributed by atoms with Crippen LogP contribution in [-0.2, 0) is 19.3 Å². The summed E-state index contributed by atoms with van der Waals surface area (Å²) in [4.78, 5) is 0. The largest absolute Gasteiger partial charge is 0.0623 e. The van der Waals surface area contributed by atoms with Gasteiger partial charge in [0.1, 0.15) is 0 Å². The summed E-state index contributed by atoms with van der Waals surface area (Å²) in [7, 11) is 0. The monoisotopic (exact) mass is 318 g/mol. The van der Waals surface area contributed by atoms with Gasteiger partial charge in [0.2, 0.25) is 0 Å². The fraction of sp³-hybridized carbons (Fsp3) is 0.250. The van der Waals surface area contributed by atoms with Crippen LogP contribution in [0.3, 0.4) is 0 Å². The van der Waals surface area contributed by atoms with Gasteiger partial charge in [-0.05, 0) is 36.0 Å². The molecule has 0 nitrogen and oxygen atoms in total. The maximum Gasteiger partial charge on any atom is -0.0305 e. The Morgan fingerprint density at radius 1 is 0.417 bits per heavy atom. The van der Waals surface area contributed by atoms with Gasteiger partial charge in [0.05, 0.1) is 0 Å². The zero-order valence-electron chi connectivity index (χ0n) is 15.3. The molecular weight excluding hydrogens is 288 g/mol. The summed E-state index contributed by atoms with van der Waals surface area (Å²) in [5, 5.41) is 0. The van der Waals surface area contributed by atoms with Crippen molar-refractivity contribution in [2.24, 2.45) is 0 Å². The molecule has 0 spiro atoms. The third-order valence-electron chi connectivity index (χ3n) is 3.80. The molecule has 3 aromatic carbocycles. The Morgan fingerprint density at radius 3 is 1.04 bits per heavy atom. The minimum absolute atomic E-state index is 1.14. The van der Waals surface area contributed by atoms with Crippen LogP contribution in [0.2, 0.25) is 0 Å². The Bertz CT molecular complexity index is 577. The molecule has 0 aliphatic rings. The smallest absolute Gasteiger partial charge is 0.0305 e. The minimum atomic E-state index is 1.14. The van der Waals surface area contributed by atoms with E-state index in [0.29, 0.717) is 0 Å². The average molecular weight is 319 g/mol. The molecule has 0 fully saturated rings. The summed E-state index contributed by atoms with van der Waals surface area (Å²) >= 11 is 0. The van der Waals surface area contributed by atoms with E-state index in [1.54, 1.807) is 0 Å². The van der Waals surface area contributed by atoms with Gasteiger partial charge in [0.15, 0.2) is 0 Å². The first-order valence-electron chi connectivity index (χ1n) is 8.92. The molecule has 0 heteroatoms. The summed E-state index contributed by atoms with van der Waals surface area (Å²) in [5.41, 5.74) is 4.39. The lowest BCUT2D eigenvalue weighted by atomic mass is 10.0. The summed E-state index contributed by atoms with van der Waals surface area (Å²) in [6.07, 6.45) is 3.45. The van der Waals surface area contributed by atoms with Gasteiger partial charge in [-0.3, -0.25) is 0 Å². The second kappa shape index (κ2) is 13.1. The second-order valence-corrected chi connectivity index (χ2v) is 5.47. The molecule has 0 bridgehead atoms. The Balaban J connectivity index is 0.000000186. The molecule has 3 rings (SSSR count). The van der Waals surface area contributed by atoms with Crippen molar-refractivity contribution in [3.63, 3.8) is 0 Å². The van der Waals surface area contributed by atoms with Crippen LogP contribution in [-0.4, -0.2) is 0 Å². The molecule has 0 atom stereocenters. The molecule has 0 saturated heterocycles. The van der Waals surface area contributed by atoms with Gasteiger partial charge in [0.25, 0.3) is 0 Å². The lowest BCUT2D eigenvalue weighted by Crippen LogP contribution is -1.88. The molecule has 0 heterocycles. The maximum atomic E-state index is 2.21. The molecular formula is C24H30. The first-order valence-corrected chi connectivity index (χ1v) is 8.92. The van der Waals surface area contributed by atoms with E-state index in [4.69, 9.17) is 0 Å². The number of rotatable bonds is 3. The topological polar surface area (TPSA) is 0 Å². The van der Waals surface area contributed by atoms with Gasteiger partial charge in [-0.2, -0.15) is 0 Å². The SMILES string of the molecule is CCc1ccccc1.CCc1ccccc1CC.c1ccccc1. The molecule has 126 valence electrons. The normalized spacial score (nSPS) is 9.12. The Kier molecular flexibility index (Phi) is 10.8. The van der Waals surface area contributed by atoms with E-state index in [-0.39, 0.29) is 0 Å². The molecule has 0 amide bonds. The molecule has 0 aliphatic carbocycles. The number of hydrogen-bond acceptors (Lipinski definition) is 0.